The fourth-order valence-electron chi connectivity index (χ4n) is 2.34. The Morgan fingerprint density at radius 3 is 2.67 bits per heavy atom. The van der Waals surface area contributed by atoms with Crippen molar-refractivity contribution in [2.75, 3.05) is 11.9 Å². The summed E-state index contributed by atoms with van der Waals surface area (Å²) in [4.78, 5) is 11.7. The van der Waals surface area contributed by atoms with Crippen LogP contribution < -0.4 is 10.1 Å². The highest BCUT2D eigenvalue weighted by Gasteiger charge is 2.12. The van der Waals surface area contributed by atoms with E-state index in [4.69, 9.17) is 9.47 Å². The molecule has 4 nitrogen and oxygen atoms in total. The highest BCUT2D eigenvalue weighted by Crippen LogP contribution is 2.28. The second-order valence-electron chi connectivity index (χ2n) is 5.35. The van der Waals surface area contributed by atoms with Crippen LogP contribution in [0, 0.1) is 6.92 Å². The van der Waals surface area contributed by atoms with Gasteiger partial charge >= 0.3 is 6.09 Å². The lowest BCUT2D eigenvalue weighted by Gasteiger charge is -2.15. The van der Waals surface area contributed by atoms with Gasteiger partial charge in [-0.05, 0) is 49.6 Å². The molecule has 2 aromatic rings. The van der Waals surface area contributed by atoms with Gasteiger partial charge in [-0.15, -0.1) is 0 Å². The van der Waals surface area contributed by atoms with Gasteiger partial charge in [0.2, 0.25) is 0 Å². The number of hydrogen-bond acceptors (Lipinski definition) is 3. The lowest BCUT2D eigenvalue weighted by atomic mass is 10.1. The van der Waals surface area contributed by atoms with Gasteiger partial charge in [0.25, 0.3) is 0 Å². The molecule has 0 spiro atoms. The Balaban J connectivity index is 2.16. The minimum atomic E-state index is -0.472. The molecule has 0 unspecified atom stereocenters. The first kappa shape index (κ1) is 18.3. The molecule has 0 radical (unpaired) electrons. The number of hydrogen-bond donors (Lipinski definition) is 1. The molecule has 0 aliphatic heterocycles. The van der Waals surface area contributed by atoms with Gasteiger partial charge in [0.1, 0.15) is 12.4 Å². The van der Waals surface area contributed by atoms with Crippen molar-refractivity contribution in [3.05, 3.63) is 57.6 Å². The molecule has 0 saturated carbocycles. The van der Waals surface area contributed by atoms with Crippen molar-refractivity contribution in [3.8, 4) is 5.75 Å². The minimum absolute atomic E-state index is 0.328. The van der Waals surface area contributed by atoms with Crippen LogP contribution in [0.15, 0.2) is 40.9 Å². The highest BCUT2D eigenvalue weighted by molar-refractivity contribution is 9.10. The summed E-state index contributed by atoms with van der Waals surface area (Å²) in [6.07, 6.45) is 0.527. The average Bonchev–Trinajstić information content (AvgIpc) is 2.55. The molecule has 2 rings (SSSR count). The van der Waals surface area contributed by atoms with E-state index in [2.05, 4.69) is 40.3 Å². The van der Waals surface area contributed by atoms with E-state index in [1.54, 1.807) is 6.92 Å². The van der Waals surface area contributed by atoms with Crippen LogP contribution in [0.1, 0.15) is 30.5 Å². The molecule has 1 N–H and O–H groups in total. The number of benzene rings is 2. The van der Waals surface area contributed by atoms with Crippen molar-refractivity contribution >= 4 is 27.7 Å². The Kier molecular flexibility index (Phi) is 6.67. The summed E-state index contributed by atoms with van der Waals surface area (Å²) in [7, 11) is 0. The quantitative estimate of drug-likeness (QED) is 0.710. The normalized spacial score (nSPS) is 10.3. The largest absolute Gasteiger partial charge is 0.489 e. The summed E-state index contributed by atoms with van der Waals surface area (Å²) in [6, 6.07) is 11.8. The summed E-state index contributed by atoms with van der Waals surface area (Å²) < 4.78 is 11.8. The number of anilines is 1. The Hall–Kier alpha value is -2.01. The third-order valence-electron chi connectivity index (χ3n) is 3.65. The molecular weight excluding hydrogens is 370 g/mol. The molecule has 0 fully saturated rings. The number of ether oxygens (including phenoxy) is 2. The monoisotopic (exact) mass is 391 g/mol. The van der Waals surface area contributed by atoms with Gasteiger partial charge in [0.05, 0.1) is 12.3 Å². The van der Waals surface area contributed by atoms with Crippen molar-refractivity contribution in [1.29, 1.82) is 0 Å². The summed E-state index contributed by atoms with van der Waals surface area (Å²) in [5.74, 6) is 0.838. The molecule has 128 valence electrons. The third-order valence-corrected chi connectivity index (χ3v) is 4.39. The first-order chi connectivity index (χ1) is 11.5. The molecule has 5 heteroatoms. The van der Waals surface area contributed by atoms with Gasteiger partial charge in [-0.1, -0.05) is 41.1 Å². The van der Waals surface area contributed by atoms with Crippen molar-refractivity contribution < 1.29 is 14.3 Å². The first-order valence-corrected chi connectivity index (χ1v) is 8.78. The van der Waals surface area contributed by atoms with Crippen LogP contribution in [0.2, 0.25) is 0 Å². The van der Waals surface area contributed by atoms with Gasteiger partial charge in [0.15, 0.2) is 0 Å². The molecular formula is C19H22BrNO3. The zero-order valence-corrected chi connectivity index (χ0v) is 15.8. The Labute approximate surface area is 151 Å². The van der Waals surface area contributed by atoms with E-state index in [-0.39, 0.29) is 0 Å². The summed E-state index contributed by atoms with van der Waals surface area (Å²) in [6.45, 7) is 6.60. The second-order valence-corrected chi connectivity index (χ2v) is 6.21. The van der Waals surface area contributed by atoms with Crippen LogP contribution in [-0.2, 0) is 17.8 Å². The lowest BCUT2D eigenvalue weighted by Crippen LogP contribution is -2.15. The highest BCUT2D eigenvalue weighted by atomic mass is 79.9. The Morgan fingerprint density at radius 1 is 1.21 bits per heavy atom. The number of amides is 1. The lowest BCUT2D eigenvalue weighted by molar-refractivity contribution is 0.168. The molecule has 0 aromatic heterocycles. The van der Waals surface area contributed by atoms with Crippen LogP contribution in [0.3, 0.4) is 0 Å². The van der Waals surface area contributed by atoms with E-state index in [9.17, 15) is 4.79 Å². The van der Waals surface area contributed by atoms with Crippen molar-refractivity contribution in [1.82, 2.24) is 0 Å². The van der Waals surface area contributed by atoms with Gasteiger partial charge in [-0.3, -0.25) is 5.32 Å². The Bertz CT molecular complexity index is 716. The summed E-state index contributed by atoms with van der Waals surface area (Å²) >= 11 is 3.52. The van der Waals surface area contributed by atoms with E-state index in [0.717, 1.165) is 27.8 Å². The predicted octanol–water partition coefficient (Wildman–Crippen LogP) is 5.47. The number of halogens is 1. The molecule has 1 amide bonds. The van der Waals surface area contributed by atoms with E-state index in [0.29, 0.717) is 18.9 Å². The zero-order valence-electron chi connectivity index (χ0n) is 14.2. The minimum Gasteiger partial charge on any atom is -0.489 e. The van der Waals surface area contributed by atoms with Gasteiger partial charge < -0.3 is 9.47 Å². The van der Waals surface area contributed by atoms with E-state index < -0.39 is 6.09 Å². The standard InChI is InChI=1S/C19H22BrNO3/c1-4-14-9-10-18(13(3)11-14)24-12-15-16(20)7-6-8-17(15)21-19(22)23-5-2/h6-11H,4-5,12H2,1-3H3,(H,21,22). The van der Waals surface area contributed by atoms with Crippen LogP contribution in [0.5, 0.6) is 5.75 Å². The van der Waals surface area contributed by atoms with Gasteiger partial charge in [-0.2, -0.15) is 0 Å². The van der Waals surface area contributed by atoms with E-state index in [1.165, 1.54) is 5.56 Å². The number of carbonyl (C=O) groups excluding carboxylic acids is 1. The van der Waals surface area contributed by atoms with Crippen LogP contribution in [0.4, 0.5) is 10.5 Å². The maximum absolute atomic E-state index is 11.7. The van der Waals surface area contributed by atoms with E-state index in [1.807, 2.05) is 31.2 Å². The number of rotatable bonds is 6. The number of carbonyl (C=O) groups is 1. The molecule has 0 bridgehead atoms. The molecule has 0 aliphatic rings. The van der Waals surface area contributed by atoms with Crippen LogP contribution in [-0.4, -0.2) is 12.7 Å². The second kappa shape index (κ2) is 8.73. The predicted molar refractivity (Wildman–Crippen MR) is 99.7 cm³/mol. The van der Waals surface area contributed by atoms with Crippen LogP contribution >= 0.6 is 15.9 Å². The molecule has 0 heterocycles. The Morgan fingerprint density at radius 2 is 2.00 bits per heavy atom. The van der Waals surface area contributed by atoms with Crippen molar-refractivity contribution in [2.45, 2.75) is 33.8 Å². The van der Waals surface area contributed by atoms with E-state index >= 15 is 0 Å². The molecule has 2 aromatic carbocycles. The van der Waals surface area contributed by atoms with Crippen molar-refractivity contribution in [2.24, 2.45) is 0 Å². The molecule has 24 heavy (non-hydrogen) atoms. The SMILES string of the molecule is CCOC(=O)Nc1cccc(Br)c1COc1ccc(CC)cc1C. The van der Waals surface area contributed by atoms with Gasteiger partial charge in [0, 0.05) is 10.0 Å². The third kappa shape index (κ3) is 4.74. The average molecular weight is 392 g/mol. The molecule has 0 atom stereocenters. The number of aryl methyl sites for hydroxylation is 2. The number of nitrogens with one attached hydrogen (secondary N) is 1. The van der Waals surface area contributed by atoms with Crippen molar-refractivity contribution in [3.63, 3.8) is 0 Å². The van der Waals surface area contributed by atoms with Crippen LogP contribution in [0.25, 0.3) is 0 Å². The fraction of sp³-hybridized carbons (Fsp3) is 0.316. The summed E-state index contributed by atoms with van der Waals surface area (Å²) in [5.41, 5.74) is 3.92. The molecule has 0 saturated heterocycles. The summed E-state index contributed by atoms with van der Waals surface area (Å²) in [5, 5.41) is 2.75. The smallest absolute Gasteiger partial charge is 0.411 e. The first-order valence-electron chi connectivity index (χ1n) is 7.98. The topological polar surface area (TPSA) is 47.6 Å². The fourth-order valence-corrected chi connectivity index (χ4v) is 2.82. The van der Waals surface area contributed by atoms with Gasteiger partial charge in [-0.25, -0.2) is 4.79 Å². The molecule has 0 aliphatic carbocycles. The maximum atomic E-state index is 11.7. The zero-order chi connectivity index (χ0) is 17.5. The maximum Gasteiger partial charge on any atom is 0.411 e.